The summed E-state index contributed by atoms with van der Waals surface area (Å²) in [5.41, 5.74) is 0. The maximum atomic E-state index is 11.5. The molecule has 0 aliphatic carbocycles. The van der Waals surface area contributed by atoms with Gasteiger partial charge in [0, 0.05) is 25.4 Å². The monoisotopic (exact) mass is 237 g/mol. The number of amides is 1. The van der Waals surface area contributed by atoms with Gasteiger partial charge in [-0.3, -0.25) is 4.79 Å². The number of aromatic amines is 1. The van der Waals surface area contributed by atoms with Gasteiger partial charge in [-0.25, -0.2) is 4.98 Å². The molecule has 7 heteroatoms. The summed E-state index contributed by atoms with van der Waals surface area (Å²) in [6, 6.07) is 0. The maximum absolute atomic E-state index is 11.5. The summed E-state index contributed by atoms with van der Waals surface area (Å²) in [6.45, 7) is 0.622. The molecule has 2 rings (SSSR count). The van der Waals surface area contributed by atoms with Crippen LogP contribution in [0.15, 0.2) is 18.6 Å². The van der Waals surface area contributed by atoms with Gasteiger partial charge in [0.25, 0.3) is 5.91 Å². The molecule has 6 nitrogen and oxygen atoms in total. The van der Waals surface area contributed by atoms with Crippen LogP contribution in [-0.4, -0.2) is 32.0 Å². The van der Waals surface area contributed by atoms with Crippen LogP contribution in [0.25, 0.3) is 0 Å². The predicted octanol–water partition coefficient (Wildman–Crippen LogP) is 0.624. The first-order chi connectivity index (χ1) is 7.86. The fraction of sp³-hybridized carbons (Fsp3) is 0.333. The van der Waals surface area contributed by atoms with Crippen molar-refractivity contribution in [2.45, 2.75) is 12.8 Å². The van der Waals surface area contributed by atoms with Gasteiger partial charge in [0.05, 0.1) is 6.20 Å². The van der Waals surface area contributed by atoms with Crippen LogP contribution in [0, 0.1) is 0 Å². The van der Waals surface area contributed by atoms with Crippen LogP contribution in [0.3, 0.4) is 0 Å². The average molecular weight is 237 g/mol. The van der Waals surface area contributed by atoms with E-state index in [1.807, 2.05) is 0 Å². The number of hydrogen-bond donors (Lipinski definition) is 2. The van der Waals surface area contributed by atoms with Crippen LogP contribution in [0.2, 0.25) is 0 Å². The summed E-state index contributed by atoms with van der Waals surface area (Å²) in [7, 11) is 0. The van der Waals surface area contributed by atoms with Crippen molar-refractivity contribution in [1.82, 2.24) is 24.9 Å². The molecule has 0 saturated carbocycles. The molecule has 2 heterocycles. The Morgan fingerprint density at radius 1 is 1.56 bits per heavy atom. The van der Waals surface area contributed by atoms with Gasteiger partial charge in [-0.05, 0) is 18.0 Å². The first-order valence-corrected chi connectivity index (χ1v) is 5.67. The molecule has 84 valence electrons. The molecule has 2 N–H and O–H groups in total. The molecule has 0 spiro atoms. The number of carbonyl (C=O) groups excluding carboxylic acids is 1. The molecule has 2 aromatic heterocycles. The molecule has 16 heavy (non-hydrogen) atoms. The highest BCUT2D eigenvalue weighted by atomic mass is 32.1. The van der Waals surface area contributed by atoms with E-state index in [1.165, 1.54) is 6.20 Å². The number of nitrogens with one attached hydrogen (secondary N) is 2. The Balaban J connectivity index is 1.67. The molecule has 2 aromatic rings. The van der Waals surface area contributed by atoms with E-state index in [2.05, 4.69) is 24.9 Å². The molecule has 0 unspecified atom stereocenters. The van der Waals surface area contributed by atoms with Crippen molar-refractivity contribution in [2.75, 3.05) is 6.54 Å². The van der Waals surface area contributed by atoms with Gasteiger partial charge < -0.3 is 10.3 Å². The van der Waals surface area contributed by atoms with E-state index < -0.39 is 0 Å². The van der Waals surface area contributed by atoms with Crippen LogP contribution < -0.4 is 5.32 Å². The second-order valence-electron chi connectivity index (χ2n) is 3.18. The molecule has 0 atom stereocenters. The highest BCUT2D eigenvalue weighted by Crippen LogP contribution is 2.01. The number of H-pyrrole nitrogens is 1. The lowest BCUT2D eigenvalue weighted by molar-refractivity contribution is 0.0957. The zero-order valence-corrected chi connectivity index (χ0v) is 9.33. The average Bonchev–Trinajstić information content (AvgIpc) is 2.96. The van der Waals surface area contributed by atoms with Crippen molar-refractivity contribution in [3.8, 4) is 0 Å². The molecule has 0 aliphatic heterocycles. The Kier molecular flexibility index (Phi) is 3.60. The number of carbonyl (C=O) groups is 1. The van der Waals surface area contributed by atoms with Gasteiger partial charge in [0.1, 0.15) is 10.7 Å². The van der Waals surface area contributed by atoms with Crippen LogP contribution >= 0.6 is 11.5 Å². The zero-order valence-electron chi connectivity index (χ0n) is 8.51. The minimum atomic E-state index is -0.116. The van der Waals surface area contributed by atoms with E-state index in [0.29, 0.717) is 11.4 Å². The highest BCUT2D eigenvalue weighted by Gasteiger charge is 2.06. The number of imidazole rings is 1. The summed E-state index contributed by atoms with van der Waals surface area (Å²) in [6.07, 6.45) is 6.65. The number of aromatic nitrogens is 4. The van der Waals surface area contributed by atoms with Crippen LogP contribution in [0.5, 0.6) is 0 Å². The molecular weight excluding hydrogens is 226 g/mol. The van der Waals surface area contributed by atoms with Gasteiger partial charge in [-0.15, -0.1) is 5.10 Å². The highest BCUT2D eigenvalue weighted by molar-refractivity contribution is 7.07. The van der Waals surface area contributed by atoms with Crippen LogP contribution in [0.1, 0.15) is 21.9 Å². The standard InChI is InChI=1S/C9H11N5OS/c15-9(7-6-13-14-16-7)12-3-1-2-8-10-4-5-11-8/h4-6H,1-3H2,(H,10,11)(H,12,15). The maximum Gasteiger partial charge on any atom is 0.264 e. The van der Waals surface area contributed by atoms with Crippen LogP contribution in [0.4, 0.5) is 0 Å². The Morgan fingerprint density at radius 2 is 2.50 bits per heavy atom. The normalized spacial score (nSPS) is 10.2. The van der Waals surface area contributed by atoms with Crippen molar-refractivity contribution < 1.29 is 4.79 Å². The third-order valence-electron chi connectivity index (χ3n) is 2.02. The SMILES string of the molecule is O=C(NCCCc1ncc[nH]1)c1cnns1. The molecule has 0 bridgehead atoms. The first-order valence-electron chi connectivity index (χ1n) is 4.90. The van der Waals surface area contributed by atoms with E-state index in [4.69, 9.17) is 0 Å². The van der Waals surface area contributed by atoms with Crippen molar-refractivity contribution >= 4 is 17.4 Å². The fourth-order valence-corrected chi connectivity index (χ4v) is 1.68. The second-order valence-corrected chi connectivity index (χ2v) is 3.96. The molecule has 0 radical (unpaired) electrons. The fourth-order valence-electron chi connectivity index (χ4n) is 1.25. The summed E-state index contributed by atoms with van der Waals surface area (Å²) in [4.78, 5) is 19.1. The Morgan fingerprint density at radius 3 is 3.19 bits per heavy atom. The van der Waals surface area contributed by atoms with E-state index in [0.717, 1.165) is 30.2 Å². The lowest BCUT2D eigenvalue weighted by Crippen LogP contribution is -2.23. The first kappa shape index (κ1) is 10.7. The van der Waals surface area contributed by atoms with E-state index in [9.17, 15) is 4.79 Å². The third kappa shape index (κ3) is 2.86. The Hall–Kier alpha value is -1.76. The van der Waals surface area contributed by atoms with Crippen molar-refractivity contribution in [3.63, 3.8) is 0 Å². The Bertz CT molecular complexity index is 425. The quantitative estimate of drug-likeness (QED) is 0.747. The van der Waals surface area contributed by atoms with Crippen molar-refractivity contribution in [3.05, 3.63) is 29.3 Å². The summed E-state index contributed by atoms with van der Waals surface area (Å²) < 4.78 is 3.63. The largest absolute Gasteiger partial charge is 0.351 e. The number of nitrogens with zero attached hydrogens (tertiary/aromatic N) is 3. The molecule has 0 aromatic carbocycles. The summed E-state index contributed by atoms with van der Waals surface area (Å²) >= 11 is 1.10. The topological polar surface area (TPSA) is 83.6 Å². The van der Waals surface area contributed by atoms with Gasteiger partial charge in [0.15, 0.2) is 0 Å². The Labute approximate surface area is 96.3 Å². The van der Waals surface area contributed by atoms with Gasteiger partial charge in [-0.1, -0.05) is 4.49 Å². The van der Waals surface area contributed by atoms with Crippen LogP contribution in [-0.2, 0) is 6.42 Å². The number of hydrogen-bond acceptors (Lipinski definition) is 5. The smallest absolute Gasteiger partial charge is 0.264 e. The molecule has 0 saturated heterocycles. The minimum Gasteiger partial charge on any atom is -0.351 e. The molecular formula is C9H11N5OS. The van der Waals surface area contributed by atoms with Gasteiger partial charge in [-0.2, -0.15) is 0 Å². The second kappa shape index (κ2) is 5.36. The summed E-state index contributed by atoms with van der Waals surface area (Å²) in [5, 5.41) is 6.40. The van der Waals surface area contributed by atoms with Crippen molar-refractivity contribution in [1.29, 1.82) is 0 Å². The van der Waals surface area contributed by atoms with Gasteiger partial charge in [0.2, 0.25) is 0 Å². The lowest BCUT2D eigenvalue weighted by Gasteiger charge is -2.01. The number of rotatable bonds is 5. The predicted molar refractivity (Wildman–Crippen MR) is 59.2 cm³/mol. The molecule has 1 amide bonds. The zero-order chi connectivity index (χ0) is 11.2. The minimum absolute atomic E-state index is 0.116. The molecule has 0 fully saturated rings. The number of aryl methyl sites for hydroxylation is 1. The molecule has 0 aliphatic rings. The lowest BCUT2D eigenvalue weighted by atomic mass is 10.3. The van der Waals surface area contributed by atoms with E-state index in [-0.39, 0.29) is 5.91 Å². The summed E-state index contributed by atoms with van der Waals surface area (Å²) in [5.74, 6) is 0.822. The van der Waals surface area contributed by atoms with Gasteiger partial charge >= 0.3 is 0 Å². The van der Waals surface area contributed by atoms with E-state index >= 15 is 0 Å². The third-order valence-corrected chi connectivity index (χ3v) is 2.68. The van der Waals surface area contributed by atoms with E-state index in [1.54, 1.807) is 12.4 Å². The van der Waals surface area contributed by atoms with Crippen molar-refractivity contribution in [2.24, 2.45) is 0 Å².